The van der Waals surface area contributed by atoms with Gasteiger partial charge in [0, 0.05) is 31.2 Å². The molecule has 3 unspecified atom stereocenters. The molecule has 0 aliphatic carbocycles. The molecule has 3 atom stereocenters. The third kappa shape index (κ3) is 2.31. The molecule has 0 aromatic heterocycles. The molecule has 2 heterocycles. The molecule has 2 saturated heterocycles. The van der Waals surface area contributed by atoms with Gasteiger partial charge in [0.15, 0.2) is 0 Å². The number of halogens is 1. The van der Waals surface area contributed by atoms with Gasteiger partial charge in [-0.1, -0.05) is 12.1 Å². The summed E-state index contributed by atoms with van der Waals surface area (Å²) in [5.74, 6) is -0.141. The van der Waals surface area contributed by atoms with Crippen LogP contribution in [0.5, 0.6) is 0 Å². The summed E-state index contributed by atoms with van der Waals surface area (Å²) in [5.41, 5.74) is 7.68. The number of nitrogens with zero attached hydrogens (tertiary/aromatic N) is 2. The Balaban J connectivity index is 1.95. The summed E-state index contributed by atoms with van der Waals surface area (Å²) in [7, 11) is 0. The Bertz CT molecular complexity index is 489. The van der Waals surface area contributed by atoms with Crippen LogP contribution >= 0.6 is 0 Å². The topological polar surface area (TPSA) is 32.5 Å². The van der Waals surface area contributed by atoms with Gasteiger partial charge in [-0.3, -0.25) is 4.90 Å². The number of para-hydroxylation sites is 1. The summed E-state index contributed by atoms with van der Waals surface area (Å²) in [6, 6.07) is 6.03. The number of rotatable bonds is 2. The van der Waals surface area contributed by atoms with E-state index in [0.29, 0.717) is 12.1 Å². The molecule has 1 aromatic carbocycles. The molecule has 0 saturated carbocycles. The lowest BCUT2D eigenvalue weighted by Crippen LogP contribution is -2.55. The predicted octanol–water partition coefficient (Wildman–Crippen LogP) is 2.52. The van der Waals surface area contributed by atoms with E-state index in [2.05, 4.69) is 16.7 Å². The van der Waals surface area contributed by atoms with Gasteiger partial charge in [-0.2, -0.15) is 0 Å². The number of nitrogens with two attached hydrogens (primary N) is 1. The van der Waals surface area contributed by atoms with Gasteiger partial charge in [-0.15, -0.1) is 0 Å². The van der Waals surface area contributed by atoms with Gasteiger partial charge in [0.05, 0.1) is 5.69 Å². The van der Waals surface area contributed by atoms with E-state index < -0.39 is 0 Å². The fourth-order valence-electron chi connectivity index (χ4n) is 3.70. The van der Waals surface area contributed by atoms with Crippen LogP contribution in [0.4, 0.5) is 10.1 Å². The minimum atomic E-state index is -0.144. The highest BCUT2D eigenvalue weighted by atomic mass is 19.1. The van der Waals surface area contributed by atoms with E-state index in [4.69, 9.17) is 5.73 Å². The third-order valence-corrected chi connectivity index (χ3v) is 4.73. The lowest BCUT2D eigenvalue weighted by molar-refractivity contribution is 0.202. The van der Waals surface area contributed by atoms with E-state index in [1.807, 2.05) is 13.0 Å². The summed E-state index contributed by atoms with van der Waals surface area (Å²) < 4.78 is 14.4. The molecule has 2 fully saturated rings. The highest BCUT2D eigenvalue weighted by molar-refractivity contribution is 5.57. The first-order chi connectivity index (χ1) is 9.58. The van der Waals surface area contributed by atoms with E-state index in [-0.39, 0.29) is 11.9 Å². The van der Waals surface area contributed by atoms with Crippen LogP contribution in [-0.4, -0.2) is 36.6 Å². The van der Waals surface area contributed by atoms with Crippen molar-refractivity contribution >= 4 is 5.69 Å². The third-order valence-electron chi connectivity index (χ3n) is 4.73. The lowest BCUT2D eigenvalue weighted by Gasteiger charge is -2.44. The van der Waals surface area contributed by atoms with Crippen LogP contribution in [-0.2, 0) is 0 Å². The minimum absolute atomic E-state index is 0.141. The van der Waals surface area contributed by atoms with Gasteiger partial charge >= 0.3 is 0 Å². The molecule has 4 heteroatoms. The Hall–Kier alpha value is -1.13. The normalized spacial score (nSPS) is 28.5. The summed E-state index contributed by atoms with van der Waals surface area (Å²) in [4.78, 5) is 4.79. The van der Waals surface area contributed by atoms with Crippen LogP contribution < -0.4 is 10.6 Å². The molecule has 0 bridgehead atoms. The lowest BCUT2D eigenvalue weighted by atomic mass is 10.0. The van der Waals surface area contributed by atoms with Gasteiger partial charge in [0.1, 0.15) is 5.82 Å². The zero-order valence-electron chi connectivity index (χ0n) is 12.3. The second-order valence-electron chi connectivity index (χ2n) is 6.26. The van der Waals surface area contributed by atoms with Crippen LogP contribution in [0, 0.1) is 5.82 Å². The number of anilines is 1. The Morgan fingerprint density at radius 2 is 2.15 bits per heavy atom. The minimum Gasteiger partial charge on any atom is -0.363 e. The quantitative estimate of drug-likeness (QED) is 0.901. The van der Waals surface area contributed by atoms with Gasteiger partial charge in [0.2, 0.25) is 0 Å². The van der Waals surface area contributed by atoms with Crippen molar-refractivity contribution in [3.05, 3.63) is 29.6 Å². The fraction of sp³-hybridized carbons (Fsp3) is 0.625. The Labute approximate surface area is 120 Å². The van der Waals surface area contributed by atoms with Gasteiger partial charge in [-0.25, -0.2) is 4.39 Å². The second-order valence-corrected chi connectivity index (χ2v) is 6.26. The number of benzene rings is 1. The predicted molar refractivity (Wildman–Crippen MR) is 80.4 cm³/mol. The maximum Gasteiger partial charge on any atom is 0.146 e. The number of fused-ring (bicyclic) bond motifs is 1. The maximum atomic E-state index is 14.4. The number of hydrogen-bond acceptors (Lipinski definition) is 3. The standard InChI is InChI=1S/C16H24FN3/c1-11-9-19-8-4-5-13(19)10-20(11)16-14(12(2)18)6-3-7-15(16)17/h3,6-7,11-13H,4-5,8-10,18H2,1-2H3. The van der Waals surface area contributed by atoms with Gasteiger partial charge < -0.3 is 10.6 Å². The monoisotopic (exact) mass is 277 g/mol. The van der Waals surface area contributed by atoms with Gasteiger partial charge in [0.25, 0.3) is 0 Å². The molecule has 110 valence electrons. The first-order valence-electron chi connectivity index (χ1n) is 7.62. The van der Waals surface area contributed by atoms with E-state index in [0.717, 1.165) is 24.3 Å². The molecule has 0 radical (unpaired) electrons. The average Bonchev–Trinajstić information content (AvgIpc) is 2.84. The van der Waals surface area contributed by atoms with Crippen molar-refractivity contribution in [2.75, 3.05) is 24.5 Å². The second kappa shape index (κ2) is 5.34. The van der Waals surface area contributed by atoms with Crippen LogP contribution in [0.1, 0.15) is 38.3 Å². The molecule has 20 heavy (non-hydrogen) atoms. The van der Waals surface area contributed by atoms with Crippen molar-refractivity contribution in [3.8, 4) is 0 Å². The highest BCUT2D eigenvalue weighted by Crippen LogP contribution is 2.34. The first-order valence-corrected chi connectivity index (χ1v) is 7.62. The molecule has 2 aliphatic rings. The zero-order chi connectivity index (χ0) is 14.3. The molecule has 3 nitrogen and oxygen atoms in total. The van der Waals surface area contributed by atoms with Crippen LogP contribution in [0.3, 0.4) is 0 Å². The summed E-state index contributed by atoms with van der Waals surface area (Å²) in [5, 5.41) is 0. The fourth-order valence-corrected chi connectivity index (χ4v) is 3.70. The van der Waals surface area contributed by atoms with Crippen molar-refractivity contribution in [3.63, 3.8) is 0 Å². The summed E-state index contributed by atoms with van der Waals surface area (Å²) in [6.45, 7) is 7.25. The van der Waals surface area contributed by atoms with Crippen molar-refractivity contribution in [2.24, 2.45) is 5.73 Å². The first kappa shape index (κ1) is 13.8. The Morgan fingerprint density at radius 3 is 2.90 bits per heavy atom. The van der Waals surface area contributed by atoms with E-state index in [9.17, 15) is 4.39 Å². The number of hydrogen-bond donors (Lipinski definition) is 1. The molecule has 0 amide bonds. The summed E-state index contributed by atoms with van der Waals surface area (Å²) >= 11 is 0. The smallest absolute Gasteiger partial charge is 0.146 e. The molecule has 2 N–H and O–H groups in total. The average molecular weight is 277 g/mol. The molecule has 3 rings (SSSR count). The van der Waals surface area contributed by atoms with Crippen LogP contribution in [0.15, 0.2) is 18.2 Å². The van der Waals surface area contributed by atoms with Crippen molar-refractivity contribution < 1.29 is 4.39 Å². The summed E-state index contributed by atoms with van der Waals surface area (Å²) in [6.07, 6.45) is 2.49. The van der Waals surface area contributed by atoms with Crippen molar-refractivity contribution in [1.29, 1.82) is 0 Å². The molecular weight excluding hydrogens is 253 g/mol. The Kier molecular flexibility index (Phi) is 3.69. The van der Waals surface area contributed by atoms with E-state index in [1.54, 1.807) is 12.1 Å². The van der Waals surface area contributed by atoms with Crippen LogP contribution in [0.2, 0.25) is 0 Å². The highest BCUT2D eigenvalue weighted by Gasteiger charge is 2.36. The van der Waals surface area contributed by atoms with E-state index >= 15 is 0 Å². The van der Waals surface area contributed by atoms with Gasteiger partial charge in [-0.05, 0) is 44.9 Å². The van der Waals surface area contributed by atoms with Crippen molar-refractivity contribution in [1.82, 2.24) is 4.90 Å². The molecular formula is C16H24FN3. The van der Waals surface area contributed by atoms with Crippen molar-refractivity contribution in [2.45, 2.75) is 44.8 Å². The van der Waals surface area contributed by atoms with E-state index in [1.165, 1.54) is 19.4 Å². The maximum absolute atomic E-state index is 14.4. The van der Waals surface area contributed by atoms with Crippen LogP contribution in [0.25, 0.3) is 0 Å². The molecule has 0 spiro atoms. The largest absolute Gasteiger partial charge is 0.363 e. The molecule has 2 aliphatic heterocycles. The molecule has 1 aromatic rings. The number of piperazine rings is 1. The SMILES string of the molecule is CC(N)c1cccc(F)c1N1CC2CCCN2CC1C. The Morgan fingerprint density at radius 1 is 1.35 bits per heavy atom. The zero-order valence-corrected chi connectivity index (χ0v) is 12.3.